The summed E-state index contributed by atoms with van der Waals surface area (Å²) in [6, 6.07) is 10.1. The first-order valence-electron chi connectivity index (χ1n) is 9.71. The molecule has 1 aliphatic heterocycles. The minimum atomic E-state index is 0.332. The second kappa shape index (κ2) is 8.16. The largest absolute Gasteiger partial charge is 0.343 e. The van der Waals surface area contributed by atoms with Gasteiger partial charge in [-0.25, -0.2) is 0 Å². The predicted octanol–water partition coefficient (Wildman–Crippen LogP) is 3.82. The van der Waals surface area contributed by atoms with Crippen molar-refractivity contribution < 1.29 is 4.79 Å². The summed E-state index contributed by atoms with van der Waals surface area (Å²) in [6.45, 7) is 3.28. The standard InChI is InChI=1S/C20H26N4OS/c25-18(11-10-16-6-4-5-7-16)23-12-14-24(15-13-23)20-21-19(22-26-20)17-8-2-1-3-9-17/h1-3,8-9,16H,4-7,10-15H2. The second-order valence-electron chi connectivity index (χ2n) is 7.32. The Morgan fingerprint density at radius 2 is 1.81 bits per heavy atom. The molecular formula is C20H26N4OS. The molecule has 0 radical (unpaired) electrons. The van der Waals surface area contributed by atoms with Crippen molar-refractivity contribution in [1.82, 2.24) is 14.3 Å². The molecule has 2 aliphatic rings. The molecule has 0 atom stereocenters. The first-order chi connectivity index (χ1) is 12.8. The Morgan fingerprint density at radius 3 is 2.54 bits per heavy atom. The van der Waals surface area contributed by atoms with Gasteiger partial charge in [-0.15, -0.1) is 0 Å². The summed E-state index contributed by atoms with van der Waals surface area (Å²) in [6.07, 6.45) is 7.15. The third kappa shape index (κ3) is 4.06. The first kappa shape index (κ1) is 17.5. The summed E-state index contributed by atoms with van der Waals surface area (Å²) in [7, 11) is 0. The lowest BCUT2D eigenvalue weighted by molar-refractivity contribution is -0.131. The van der Waals surface area contributed by atoms with Crippen LogP contribution in [0.25, 0.3) is 11.4 Å². The Hall–Kier alpha value is -1.95. The van der Waals surface area contributed by atoms with Crippen LogP contribution in [0.1, 0.15) is 38.5 Å². The number of carbonyl (C=O) groups excluding carboxylic acids is 1. The molecule has 1 saturated heterocycles. The Morgan fingerprint density at radius 1 is 1.08 bits per heavy atom. The third-order valence-corrected chi connectivity index (χ3v) is 6.37. The van der Waals surface area contributed by atoms with Gasteiger partial charge < -0.3 is 9.80 Å². The zero-order valence-electron chi connectivity index (χ0n) is 15.1. The summed E-state index contributed by atoms with van der Waals surface area (Å²) in [5.41, 5.74) is 1.05. The quantitative estimate of drug-likeness (QED) is 0.803. The van der Waals surface area contributed by atoms with Gasteiger partial charge in [-0.05, 0) is 12.3 Å². The van der Waals surface area contributed by atoms with Gasteiger partial charge in [0, 0.05) is 49.7 Å². The fraction of sp³-hybridized carbons (Fsp3) is 0.550. The third-order valence-electron chi connectivity index (χ3n) is 5.59. The Labute approximate surface area is 159 Å². The molecule has 0 bridgehead atoms. The van der Waals surface area contributed by atoms with Gasteiger partial charge in [0.1, 0.15) is 0 Å². The molecule has 1 amide bonds. The number of amides is 1. The maximum Gasteiger partial charge on any atom is 0.222 e. The van der Waals surface area contributed by atoms with E-state index in [1.165, 1.54) is 37.2 Å². The zero-order valence-corrected chi connectivity index (χ0v) is 16.0. The van der Waals surface area contributed by atoms with Crippen LogP contribution in [0.2, 0.25) is 0 Å². The van der Waals surface area contributed by atoms with Crippen LogP contribution in [-0.2, 0) is 4.79 Å². The molecule has 0 unspecified atom stereocenters. The molecule has 1 aromatic carbocycles. The summed E-state index contributed by atoms with van der Waals surface area (Å²) >= 11 is 1.45. The summed E-state index contributed by atoms with van der Waals surface area (Å²) in [4.78, 5) is 21.4. The van der Waals surface area contributed by atoms with Crippen molar-refractivity contribution in [2.75, 3.05) is 31.1 Å². The highest BCUT2D eigenvalue weighted by Gasteiger charge is 2.24. The van der Waals surface area contributed by atoms with E-state index < -0.39 is 0 Å². The smallest absolute Gasteiger partial charge is 0.222 e. The van der Waals surface area contributed by atoms with Crippen LogP contribution in [0.15, 0.2) is 30.3 Å². The lowest BCUT2D eigenvalue weighted by Gasteiger charge is -2.34. The molecule has 1 aromatic heterocycles. The van der Waals surface area contributed by atoms with Gasteiger partial charge in [0.2, 0.25) is 11.0 Å². The van der Waals surface area contributed by atoms with Gasteiger partial charge in [0.05, 0.1) is 0 Å². The molecule has 138 valence electrons. The molecular weight excluding hydrogens is 344 g/mol. The maximum absolute atomic E-state index is 12.5. The van der Waals surface area contributed by atoms with Gasteiger partial charge in [-0.1, -0.05) is 56.0 Å². The van der Waals surface area contributed by atoms with Crippen LogP contribution in [-0.4, -0.2) is 46.3 Å². The summed E-state index contributed by atoms with van der Waals surface area (Å²) < 4.78 is 4.50. The molecule has 1 saturated carbocycles. The van der Waals surface area contributed by atoms with Crippen LogP contribution in [0, 0.1) is 5.92 Å². The average molecular weight is 371 g/mol. The van der Waals surface area contributed by atoms with E-state index in [9.17, 15) is 4.79 Å². The SMILES string of the molecule is O=C(CCC1CCCC1)N1CCN(c2nc(-c3ccccc3)ns2)CC1. The second-order valence-corrected chi connectivity index (χ2v) is 8.05. The van der Waals surface area contributed by atoms with Gasteiger partial charge in [0.25, 0.3) is 0 Å². The van der Waals surface area contributed by atoms with Crippen LogP contribution in [0.5, 0.6) is 0 Å². The van der Waals surface area contributed by atoms with E-state index in [4.69, 9.17) is 4.98 Å². The number of carbonyl (C=O) groups is 1. The number of hydrogen-bond acceptors (Lipinski definition) is 5. The molecule has 2 fully saturated rings. The minimum absolute atomic E-state index is 0.332. The van der Waals surface area contributed by atoms with Crippen LogP contribution in [0.4, 0.5) is 5.13 Å². The van der Waals surface area contributed by atoms with Crippen molar-refractivity contribution in [2.24, 2.45) is 5.92 Å². The van der Waals surface area contributed by atoms with Gasteiger partial charge >= 0.3 is 0 Å². The Bertz CT molecular complexity index is 718. The fourth-order valence-corrected chi connectivity index (χ4v) is 4.72. The summed E-state index contributed by atoms with van der Waals surface area (Å²) in [5, 5.41) is 0.960. The van der Waals surface area contributed by atoms with Crippen molar-refractivity contribution in [2.45, 2.75) is 38.5 Å². The Balaban J connectivity index is 1.28. The van der Waals surface area contributed by atoms with Crippen molar-refractivity contribution in [3.63, 3.8) is 0 Å². The predicted molar refractivity (Wildman–Crippen MR) is 105 cm³/mol. The van der Waals surface area contributed by atoms with E-state index in [1.807, 2.05) is 35.2 Å². The van der Waals surface area contributed by atoms with E-state index in [0.29, 0.717) is 5.91 Å². The van der Waals surface area contributed by atoms with Gasteiger partial charge in [-0.3, -0.25) is 4.79 Å². The molecule has 0 spiro atoms. The summed E-state index contributed by atoms with van der Waals surface area (Å²) in [5.74, 6) is 1.91. The first-order valence-corrected chi connectivity index (χ1v) is 10.5. The van der Waals surface area contributed by atoms with E-state index in [1.54, 1.807) is 0 Å². The van der Waals surface area contributed by atoms with Crippen molar-refractivity contribution >= 4 is 22.6 Å². The number of rotatable bonds is 5. The lowest BCUT2D eigenvalue weighted by Crippen LogP contribution is -2.48. The fourth-order valence-electron chi connectivity index (χ4n) is 3.98. The molecule has 2 aromatic rings. The number of aromatic nitrogens is 2. The van der Waals surface area contributed by atoms with Gasteiger partial charge in [-0.2, -0.15) is 9.36 Å². The number of anilines is 1. The minimum Gasteiger partial charge on any atom is -0.343 e. The van der Waals surface area contributed by atoms with E-state index >= 15 is 0 Å². The van der Waals surface area contributed by atoms with Crippen molar-refractivity contribution in [3.8, 4) is 11.4 Å². The molecule has 5 nitrogen and oxygen atoms in total. The molecule has 6 heteroatoms. The molecule has 26 heavy (non-hydrogen) atoms. The van der Waals surface area contributed by atoms with E-state index in [0.717, 1.165) is 61.5 Å². The normalized spacial score (nSPS) is 18.5. The molecule has 4 rings (SSSR count). The monoisotopic (exact) mass is 370 g/mol. The molecule has 0 N–H and O–H groups in total. The molecule has 1 aliphatic carbocycles. The van der Waals surface area contributed by atoms with Crippen molar-refractivity contribution in [1.29, 1.82) is 0 Å². The highest BCUT2D eigenvalue weighted by Crippen LogP contribution is 2.29. The topological polar surface area (TPSA) is 49.3 Å². The number of piperazine rings is 1. The number of hydrogen-bond donors (Lipinski definition) is 0. The highest BCUT2D eigenvalue weighted by molar-refractivity contribution is 7.09. The van der Waals surface area contributed by atoms with E-state index in [-0.39, 0.29) is 0 Å². The van der Waals surface area contributed by atoms with Crippen LogP contribution < -0.4 is 4.90 Å². The average Bonchev–Trinajstić information content (AvgIpc) is 3.39. The van der Waals surface area contributed by atoms with Crippen molar-refractivity contribution in [3.05, 3.63) is 30.3 Å². The van der Waals surface area contributed by atoms with E-state index in [2.05, 4.69) is 9.27 Å². The van der Waals surface area contributed by atoms with Gasteiger partial charge in [0.15, 0.2) is 5.82 Å². The number of nitrogens with zero attached hydrogens (tertiary/aromatic N) is 4. The maximum atomic E-state index is 12.5. The number of benzene rings is 1. The lowest BCUT2D eigenvalue weighted by atomic mass is 10.0. The molecule has 2 heterocycles. The highest BCUT2D eigenvalue weighted by atomic mass is 32.1. The zero-order chi connectivity index (χ0) is 17.8. The van der Waals surface area contributed by atoms with Crippen LogP contribution in [0.3, 0.4) is 0 Å². The Kier molecular flexibility index (Phi) is 5.48. The van der Waals surface area contributed by atoms with Crippen LogP contribution >= 0.6 is 11.5 Å².